The third-order valence-corrected chi connectivity index (χ3v) is 4.07. The minimum atomic E-state index is -4.24. The lowest BCUT2D eigenvalue weighted by Crippen LogP contribution is -2.34. The highest BCUT2D eigenvalue weighted by Crippen LogP contribution is 2.34. The van der Waals surface area contributed by atoms with Crippen LogP contribution in [0.25, 0.3) is 0 Å². The number of aryl methyl sites for hydroxylation is 2. The van der Waals surface area contributed by atoms with Gasteiger partial charge >= 0.3 is 6.18 Å². The highest BCUT2D eigenvalue weighted by molar-refractivity contribution is 5.93. The Bertz CT molecular complexity index is 739. The van der Waals surface area contributed by atoms with Crippen molar-refractivity contribution >= 4 is 5.91 Å². The van der Waals surface area contributed by atoms with Crippen LogP contribution in [-0.2, 0) is 19.5 Å². The third kappa shape index (κ3) is 3.39. The van der Waals surface area contributed by atoms with E-state index >= 15 is 0 Å². The number of fused-ring (bicyclic) bond motifs is 1. The van der Waals surface area contributed by atoms with Gasteiger partial charge in [-0.15, -0.1) is 10.2 Å². The van der Waals surface area contributed by atoms with Crippen LogP contribution in [0.1, 0.15) is 34.1 Å². The number of nitrogens with zero attached hydrogens (tertiary/aromatic N) is 4. The average Bonchev–Trinajstić information content (AvgIpc) is 2.95. The molecular formula is C15H16F3N5O. The second-order valence-electron chi connectivity index (χ2n) is 5.79. The van der Waals surface area contributed by atoms with Crippen molar-refractivity contribution in [2.75, 3.05) is 0 Å². The van der Waals surface area contributed by atoms with Gasteiger partial charge in [0.05, 0.1) is 18.0 Å². The van der Waals surface area contributed by atoms with Crippen molar-refractivity contribution in [2.45, 2.75) is 39.0 Å². The zero-order valence-electron chi connectivity index (χ0n) is 13.0. The molecule has 1 amide bonds. The molecule has 6 nitrogen and oxygen atoms in total. The Morgan fingerprint density at radius 2 is 2.17 bits per heavy atom. The van der Waals surface area contributed by atoms with E-state index in [0.29, 0.717) is 17.2 Å². The van der Waals surface area contributed by atoms with Crippen LogP contribution in [0, 0.1) is 12.8 Å². The zero-order chi connectivity index (χ0) is 17.3. The summed E-state index contributed by atoms with van der Waals surface area (Å²) in [6.07, 6.45) is -2.55. The fourth-order valence-electron chi connectivity index (χ4n) is 2.64. The molecule has 0 saturated carbocycles. The molecule has 1 unspecified atom stereocenters. The summed E-state index contributed by atoms with van der Waals surface area (Å²) in [5, 5.41) is 10.5. The fraction of sp³-hybridized carbons (Fsp3) is 0.467. The SMILES string of the molecule is Cc1ccc(C(=O)NCc2nnc3n2CC(C(F)(F)F)CC3)cn1. The number of hydrogen-bond donors (Lipinski definition) is 1. The molecule has 0 fully saturated rings. The lowest BCUT2D eigenvalue weighted by atomic mass is 9.99. The standard InChI is InChI=1S/C15H16F3N5O/c1-9-2-3-10(6-19-9)14(24)20-7-13-22-21-12-5-4-11(8-23(12)13)15(16,17)18/h2-3,6,11H,4-5,7-8H2,1H3,(H,20,24). The first-order chi connectivity index (χ1) is 11.3. The van der Waals surface area contributed by atoms with Gasteiger partial charge in [0.25, 0.3) is 5.91 Å². The van der Waals surface area contributed by atoms with Gasteiger partial charge in [0, 0.05) is 24.9 Å². The molecule has 128 valence electrons. The Morgan fingerprint density at radius 1 is 1.38 bits per heavy atom. The largest absolute Gasteiger partial charge is 0.393 e. The van der Waals surface area contributed by atoms with Crippen molar-refractivity contribution in [3.05, 3.63) is 41.2 Å². The van der Waals surface area contributed by atoms with E-state index in [1.807, 2.05) is 0 Å². The monoisotopic (exact) mass is 339 g/mol. The summed E-state index contributed by atoms with van der Waals surface area (Å²) in [5.74, 6) is -0.913. The number of carbonyl (C=O) groups is 1. The highest BCUT2D eigenvalue weighted by Gasteiger charge is 2.42. The number of halogens is 3. The van der Waals surface area contributed by atoms with Gasteiger partial charge in [-0.1, -0.05) is 0 Å². The number of rotatable bonds is 3. The van der Waals surface area contributed by atoms with E-state index in [0.717, 1.165) is 5.69 Å². The van der Waals surface area contributed by atoms with Crippen molar-refractivity contribution in [1.29, 1.82) is 0 Å². The third-order valence-electron chi connectivity index (χ3n) is 4.07. The topological polar surface area (TPSA) is 72.7 Å². The van der Waals surface area contributed by atoms with E-state index in [-0.39, 0.29) is 31.8 Å². The van der Waals surface area contributed by atoms with Crippen molar-refractivity contribution in [1.82, 2.24) is 25.1 Å². The molecule has 1 N–H and O–H groups in total. The van der Waals surface area contributed by atoms with Gasteiger partial charge in [-0.2, -0.15) is 13.2 Å². The summed E-state index contributed by atoms with van der Waals surface area (Å²) >= 11 is 0. The van der Waals surface area contributed by atoms with Crippen LogP contribution in [0.3, 0.4) is 0 Å². The van der Waals surface area contributed by atoms with Gasteiger partial charge in [0.1, 0.15) is 5.82 Å². The summed E-state index contributed by atoms with van der Waals surface area (Å²) in [5.41, 5.74) is 1.17. The summed E-state index contributed by atoms with van der Waals surface area (Å²) < 4.78 is 40.2. The summed E-state index contributed by atoms with van der Waals surface area (Å²) in [6, 6.07) is 3.35. The van der Waals surface area contributed by atoms with Gasteiger partial charge < -0.3 is 9.88 Å². The number of carbonyl (C=O) groups excluding carboxylic acids is 1. The summed E-state index contributed by atoms with van der Waals surface area (Å²) in [7, 11) is 0. The van der Waals surface area contributed by atoms with E-state index in [9.17, 15) is 18.0 Å². The first kappa shape index (κ1) is 16.4. The van der Waals surface area contributed by atoms with Crippen molar-refractivity contribution in [3.63, 3.8) is 0 Å². The first-order valence-corrected chi connectivity index (χ1v) is 7.53. The highest BCUT2D eigenvalue weighted by atomic mass is 19.4. The second-order valence-corrected chi connectivity index (χ2v) is 5.79. The maximum atomic E-state index is 12.9. The van der Waals surface area contributed by atoms with Gasteiger partial charge in [0.2, 0.25) is 0 Å². The fourth-order valence-corrected chi connectivity index (χ4v) is 2.64. The molecule has 2 aromatic heterocycles. The molecule has 0 aliphatic carbocycles. The van der Waals surface area contributed by atoms with Crippen LogP contribution < -0.4 is 5.32 Å². The molecule has 0 bridgehead atoms. The Kier molecular flexibility index (Phi) is 4.25. The smallest absolute Gasteiger partial charge is 0.345 e. The predicted octanol–water partition coefficient (Wildman–Crippen LogP) is 2.04. The van der Waals surface area contributed by atoms with E-state index in [1.165, 1.54) is 10.8 Å². The van der Waals surface area contributed by atoms with Crippen LogP contribution in [-0.4, -0.2) is 31.8 Å². The molecule has 9 heteroatoms. The number of nitrogens with one attached hydrogen (secondary N) is 1. The van der Waals surface area contributed by atoms with Gasteiger partial charge in [0.15, 0.2) is 5.82 Å². The molecule has 3 heterocycles. The average molecular weight is 339 g/mol. The molecule has 1 atom stereocenters. The number of alkyl halides is 3. The summed E-state index contributed by atoms with van der Waals surface area (Å²) in [6.45, 7) is 1.62. The van der Waals surface area contributed by atoms with Gasteiger partial charge in [-0.25, -0.2) is 0 Å². The molecule has 0 saturated heterocycles. The molecule has 3 rings (SSSR count). The van der Waals surface area contributed by atoms with Gasteiger partial charge in [-0.3, -0.25) is 9.78 Å². The minimum absolute atomic E-state index is 0.0169. The second kappa shape index (κ2) is 6.21. The van der Waals surface area contributed by atoms with Crippen LogP contribution in [0.2, 0.25) is 0 Å². The van der Waals surface area contributed by atoms with Crippen molar-refractivity contribution in [3.8, 4) is 0 Å². The van der Waals surface area contributed by atoms with Crippen molar-refractivity contribution in [2.24, 2.45) is 5.92 Å². The minimum Gasteiger partial charge on any atom is -0.345 e. The van der Waals surface area contributed by atoms with Crippen LogP contribution in [0.4, 0.5) is 13.2 Å². The van der Waals surface area contributed by atoms with E-state index in [1.54, 1.807) is 19.1 Å². The molecular weight excluding hydrogens is 323 g/mol. The van der Waals surface area contributed by atoms with Crippen molar-refractivity contribution < 1.29 is 18.0 Å². The van der Waals surface area contributed by atoms with E-state index < -0.39 is 12.1 Å². The Labute approximate surface area is 136 Å². The predicted molar refractivity (Wildman–Crippen MR) is 78.0 cm³/mol. The van der Waals surface area contributed by atoms with E-state index in [2.05, 4.69) is 20.5 Å². The quantitative estimate of drug-likeness (QED) is 0.929. The Hall–Kier alpha value is -2.45. The van der Waals surface area contributed by atoms with E-state index in [4.69, 9.17) is 0 Å². The number of aromatic nitrogens is 4. The molecule has 1 aliphatic heterocycles. The zero-order valence-corrected chi connectivity index (χ0v) is 13.0. The summed E-state index contributed by atoms with van der Waals surface area (Å²) in [4.78, 5) is 16.1. The molecule has 0 spiro atoms. The van der Waals surface area contributed by atoms with Crippen LogP contribution in [0.5, 0.6) is 0 Å². The van der Waals surface area contributed by atoms with Gasteiger partial charge in [-0.05, 0) is 25.5 Å². The first-order valence-electron chi connectivity index (χ1n) is 7.53. The molecule has 0 aromatic carbocycles. The van der Waals surface area contributed by atoms with Crippen LogP contribution in [0.15, 0.2) is 18.3 Å². The maximum Gasteiger partial charge on any atom is 0.393 e. The number of hydrogen-bond acceptors (Lipinski definition) is 4. The normalized spacial score (nSPS) is 17.4. The molecule has 0 radical (unpaired) electrons. The Morgan fingerprint density at radius 3 is 2.83 bits per heavy atom. The maximum absolute atomic E-state index is 12.9. The lowest BCUT2D eigenvalue weighted by Gasteiger charge is -2.26. The molecule has 24 heavy (non-hydrogen) atoms. The molecule has 2 aromatic rings. The number of pyridine rings is 1. The molecule has 1 aliphatic rings. The lowest BCUT2D eigenvalue weighted by molar-refractivity contribution is -0.182. The number of amides is 1. The Balaban J connectivity index is 1.68. The van der Waals surface area contributed by atoms with Crippen LogP contribution >= 0.6 is 0 Å².